The molecule has 20 heavy (non-hydrogen) atoms. The highest BCUT2D eigenvalue weighted by molar-refractivity contribution is 6.33. The van der Waals surface area contributed by atoms with Crippen LogP contribution in [0.4, 0.5) is 0 Å². The van der Waals surface area contributed by atoms with Crippen LogP contribution in [-0.4, -0.2) is 10.9 Å². The van der Waals surface area contributed by atoms with Gasteiger partial charge in [-0.25, -0.2) is 0 Å². The van der Waals surface area contributed by atoms with Gasteiger partial charge in [-0.3, -0.25) is 4.79 Å². The van der Waals surface area contributed by atoms with E-state index in [1.165, 1.54) is 0 Å². The van der Waals surface area contributed by atoms with Crippen LogP contribution in [0.3, 0.4) is 0 Å². The molecule has 1 aromatic rings. The lowest BCUT2D eigenvalue weighted by molar-refractivity contribution is -0.119. The molecular weight excluding hydrogens is 274 g/mol. The number of fused-ring (bicyclic) bond motifs is 3. The molecule has 3 aliphatic carbocycles. The lowest BCUT2D eigenvalue weighted by Crippen LogP contribution is -2.27. The van der Waals surface area contributed by atoms with Gasteiger partial charge in [0.15, 0.2) is 5.78 Å². The van der Waals surface area contributed by atoms with Crippen molar-refractivity contribution in [3.8, 4) is 11.8 Å². The maximum Gasteiger partial charge on any atom is 0.176 e. The van der Waals surface area contributed by atoms with Crippen molar-refractivity contribution in [3.05, 3.63) is 33.9 Å². The number of halogens is 1. The number of nitrogens with zero attached hydrogens (tertiary/aromatic N) is 1. The van der Waals surface area contributed by atoms with E-state index in [0.29, 0.717) is 10.6 Å². The van der Waals surface area contributed by atoms with Crippen LogP contribution in [-0.2, 0) is 11.2 Å². The zero-order chi connectivity index (χ0) is 14.1. The normalized spacial score (nSPS) is 30.2. The zero-order valence-corrected chi connectivity index (χ0v) is 11.5. The van der Waals surface area contributed by atoms with Crippen LogP contribution >= 0.6 is 11.6 Å². The highest BCUT2D eigenvalue weighted by Crippen LogP contribution is 2.63. The van der Waals surface area contributed by atoms with Gasteiger partial charge >= 0.3 is 0 Å². The van der Waals surface area contributed by atoms with Crippen molar-refractivity contribution >= 4 is 23.0 Å². The lowest BCUT2D eigenvalue weighted by atomic mass is 9.71. The number of phenols is 1. The van der Waals surface area contributed by atoms with Gasteiger partial charge in [0, 0.05) is 11.3 Å². The average molecular weight is 286 g/mol. The molecule has 4 rings (SSSR count). The summed E-state index contributed by atoms with van der Waals surface area (Å²) in [6, 6.07) is 5.47. The van der Waals surface area contributed by atoms with Crippen molar-refractivity contribution in [1.29, 1.82) is 5.26 Å². The van der Waals surface area contributed by atoms with Crippen molar-refractivity contribution in [3.63, 3.8) is 0 Å². The molecule has 100 valence electrons. The average Bonchev–Trinajstić information content (AvgIpc) is 2.97. The van der Waals surface area contributed by atoms with Crippen LogP contribution in [0, 0.1) is 22.7 Å². The second kappa shape index (κ2) is 3.65. The highest BCUT2D eigenvalue weighted by atomic mass is 35.5. The van der Waals surface area contributed by atoms with E-state index in [1.807, 2.05) is 0 Å². The maximum atomic E-state index is 12.4. The van der Waals surface area contributed by atoms with E-state index in [-0.39, 0.29) is 22.9 Å². The number of carbonyl (C=O) groups is 1. The molecule has 0 saturated heterocycles. The number of aromatic hydroxyl groups is 1. The lowest BCUT2D eigenvalue weighted by Gasteiger charge is -2.30. The molecule has 3 aliphatic rings. The standard InChI is InChI=1S/C16H12ClNO2/c17-14-10-6-16-4-3-8(5-16)15(20)11(7-18)13(16)9(10)1-2-12(14)19/h1-2,8,19H,3-6H2/t8-,16-/m1/s1. The Morgan fingerprint density at radius 1 is 1.45 bits per heavy atom. The number of Topliss-reactive ketones (excluding diaryl/α,β-unsaturated/α-hetero) is 1. The summed E-state index contributed by atoms with van der Waals surface area (Å²) in [5, 5.41) is 19.6. The molecule has 1 fully saturated rings. The van der Waals surface area contributed by atoms with Gasteiger partial charge < -0.3 is 5.11 Å². The number of hydrogen-bond acceptors (Lipinski definition) is 3. The second-order valence-corrected chi connectivity index (χ2v) is 6.43. The Labute approximate surface area is 121 Å². The third kappa shape index (κ3) is 1.23. The molecule has 4 heteroatoms. The van der Waals surface area contributed by atoms with Crippen molar-refractivity contribution in [2.45, 2.75) is 25.7 Å². The number of phenolic OH excluding ortho intramolecular Hbond substituents is 1. The van der Waals surface area contributed by atoms with E-state index >= 15 is 0 Å². The number of carbonyl (C=O) groups excluding carboxylic acids is 1. The van der Waals surface area contributed by atoms with E-state index in [1.54, 1.807) is 12.1 Å². The van der Waals surface area contributed by atoms with E-state index in [2.05, 4.69) is 6.07 Å². The molecule has 2 atom stereocenters. The summed E-state index contributed by atoms with van der Waals surface area (Å²) in [5.74, 6) is 0.0585. The predicted octanol–water partition coefficient (Wildman–Crippen LogP) is 3.25. The molecule has 0 heterocycles. The van der Waals surface area contributed by atoms with Gasteiger partial charge in [0.1, 0.15) is 11.8 Å². The van der Waals surface area contributed by atoms with Gasteiger partial charge in [0.2, 0.25) is 0 Å². The van der Waals surface area contributed by atoms with Gasteiger partial charge in [-0.1, -0.05) is 17.7 Å². The summed E-state index contributed by atoms with van der Waals surface area (Å²) in [5.41, 5.74) is 2.88. The van der Waals surface area contributed by atoms with E-state index < -0.39 is 0 Å². The third-order valence-electron chi connectivity index (χ3n) is 5.13. The summed E-state index contributed by atoms with van der Waals surface area (Å²) in [6.07, 6.45) is 3.33. The van der Waals surface area contributed by atoms with Gasteiger partial charge in [-0.05, 0) is 48.4 Å². The molecule has 3 nitrogen and oxygen atoms in total. The molecular formula is C16H12ClNO2. The highest BCUT2D eigenvalue weighted by Gasteiger charge is 2.55. The van der Waals surface area contributed by atoms with Crippen LogP contribution in [0.15, 0.2) is 17.7 Å². The second-order valence-electron chi connectivity index (χ2n) is 6.05. The van der Waals surface area contributed by atoms with E-state index in [9.17, 15) is 15.2 Å². The molecule has 2 bridgehead atoms. The summed E-state index contributed by atoms with van der Waals surface area (Å²) in [6.45, 7) is 0. The van der Waals surface area contributed by atoms with Crippen molar-refractivity contribution < 1.29 is 9.90 Å². The molecule has 1 saturated carbocycles. The Kier molecular flexibility index (Phi) is 2.19. The first kappa shape index (κ1) is 12.0. The monoisotopic (exact) mass is 285 g/mol. The van der Waals surface area contributed by atoms with Crippen LogP contribution in [0.5, 0.6) is 5.75 Å². The number of rotatable bonds is 0. The minimum Gasteiger partial charge on any atom is -0.506 e. The fourth-order valence-corrected chi connectivity index (χ4v) is 4.54. The molecule has 0 radical (unpaired) electrons. The van der Waals surface area contributed by atoms with Crippen LogP contribution in [0.2, 0.25) is 5.02 Å². The topological polar surface area (TPSA) is 61.1 Å². The first-order chi connectivity index (χ1) is 9.57. The Hall–Kier alpha value is -1.79. The summed E-state index contributed by atoms with van der Waals surface area (Å²) in [7, 11) is 0. The quantitative estimate of drug-likeness (QED) is 0.796. The van der Waals surface area contributed by atoms with Crippen LogP contribution in [0.25, 0.3) is 5.57 Å². The Morgan fingerprint density at radius 3 is 3.00 bits per heavy atom. The van der Waals surface area contributed by atoms with Crippen molar-refractivity contribution in [2.24, 2.45) is 11.3 Å². The minimum absolute atomic E-state index is 0.00455. The molecule has 1 N–H and O–H groups in total. The first-order valence-corrected chi connectivity index (χ1v) is 7.15. The molecule has 1 spiro atoms. The van der Waals surface area contributed by atoms with Crippen molar-refractivity contribution in [1.82, 2.24) is 0 Å². The summed E-state index contributed by atoms with van der Waals surface area (Å²) < 4.78 is 0. The van der Waals surface area contributed by atoms with Gasteiger partial charge in [0.25, 0.3) is 0 Å². The minimum atomic E-state index is -0.108. The summed E-state index contributed by atoms with van der Waals surface area (Å²) in [4.78, 5) is 12.4. The molecule has 0 aliphatic heterocycles. The van der Waals surface area contributed by atoms with Gasteiger partial charge in [-0.2, -0.15) is 5.26 Å². The number of benzene rings is 1. The van der Waals surface area contributed by atoms with Gasteiger partial charge in [-0.15, -0.1) is 0 Å². The largest absolute Gasteiger partial charge is 0.506 e. The van der Waals surface area contributed by atoms with Crippen LogP contribution in [0.1, 0.15) is 30.4 Å². The summed E-state index contributed by atoms with van der Waals surface area (Å²) >= 11 is 6.22. The number of ketones is 1. The van der Waals surface area contributed by atoms with E-state index in [0.717, 1.165) is 42.4 Å². The molecule has 0 unspecified atom stereocenters. The number of nitriles is 1. The Bertz CT molecular complexity index is 744. The fourth-order valence-electron chi connectivity index (χ4n) is 4.30. The fraction of sp³-hybridized carbons (Fsp3) is 0.375. The first-order valence-electron chi connectivity index (χ1n) is 6.77. The molecule has 0 aromatic heterocycles. The molecule has 0 amide bonds. The maximum absolute atomic E-state index is 12.4. The van der Waals surface area contributed by atoms with Gasteiger partial charge in [0.05, 0.1) is 10.6 Å². The smallest absolute Gasteiger partial charge is 0.176 e. The molecule has 1 aromatic carbocycles. The van der Waals surface area contributed by atoms with Crippen molar-refractivity contribution in [2.75, 3.05) is 0 Å². The number of allylic oxidation sites excluding steroid dienone is 2. The van der Waals surface area contributed by atoms with Crippen LogP contribution < -0.4 is 0 Å². The predicted molar refractivity (Wildman–Crippen MR) is 74.1 cm³/mol. The Morgan fingerprint density at radius 2 is 2.25 bits per heavy atom. The Balaban J connectivity index is 2.07. The van der Waals surface area contributed by atoms with E-state index in [4.69, 9.17) is 11.6 Å². The number of hydrogen-bond donors (Lipinski definition) is 1. The zero-order valence-electron chi connectivity index (χ0n) is 10.7. The third-order valence-corrected chi connectivity index (χ3v) is 5.55. The SMILES string of the molecule is N#CC1=C2c3ccc(O)c(Cl)c3C[C@]23CC[C@H](C3)C1=O.